The molecule has 0 unspecified atom stereocenters. The molecule has 0 atom stereocenters. The van der Waals surface area contributed by atoms with Crippen LogP contribution >= 0.6 is 0 Å². The lowest BCUT2D eigenvalue weighted by Crippen LogP contribution is -1.98. The number of nitrogens with one attached hydrogen (secondary N) is 1. The van der Waals surface area contributed by atoms with Crippen LogP contribution in [-0.2, 0) is 6.54 Å². The van der Waals surface area contributed by atoms with E-state index in [1.54, 1.807) is 6.07 Å². The number of hydrogen-bond acceptors (Lipinski definition) is 5. The largest absolute Gasteiger partial charge is 0.508 e. The van der Waals surface area contributed by atoms with Crippen LogP contribution in [0.15, 0.2) is 36.4 Å². The van der Waals surface area contributed by atoms with Crippen LogP contribution in [0.25, 0.3) is 0 Å². The first kappa shape index (κ1) is 11.9. The van der Waals surface area contributed by atoms with E-state index < -0.39 is 0 Å². The molecule has 5 heteroatoms. The number of phenolic OH excluding ortho intramolecular Hbond substituents is 4. The zero-order valence-corrected chi connectivity index (χ0v) is 9.46. The average Bonchev–Trinajstić information content (AvgIpc) is 2.29. The predicted octanol–water partition coefficient (Wildman–Crippen LogP) is 2.12. The molecule has 0 bridgehead atoms. The molecule has 0 aromatic heterocycles. The van der Waals surface area contributed by atoms with Gasteiger partial charge in [-0.15, -0.1) is 0 Å². The predicted molar refractivity (Wildman–Crippen MR) is 66.9 cm³/mol. The van der Waals surface area contributed by atoms with Gasteiger partial charge in [0.1, 0.15) is 11.5 Å². The molecule has 2 rings (SSSR count). The highest BCUT2D eigenvalue weighted by molar-refractivity contribution is 5.53. The second-order valence-corrected chi connectivity index (χ2v) is 3.91. The van der Waals surface area contributed by atoms with Crippen LogP contribution in [0, 0.1) is 0 Å². The molecule has 0 amide bonds. The molecule has 2 aromatic carbocycles. The molecule has 94 valence electrons. The normalized spacial score (nSPS) is 10.2. The zero-order valence-electron chi connectivity index (χ0n) is 9.46. The Bertz CT molecular complexity index is 549. The molecule has 18 heavy (non-hydrogen) atoms. The number of anilines is 1. The summed E-state index contributed by atoms with van der Waals surface area (Å²) in [5.41, 5.74) is 1.31. The van der Waals surface area contributed by atoms with Crippen molar-refractivity contribution in [1.29, 1.82) is 0 Å². The SMILES string of the molecule is Oc1cc(O)cc(NCc2ccc(O)c(O)c2)c1. The van der Waals surface area contributed by atoms with E-state index in [9.17, 15) is 15.3 Å². The topological polar surface area (TPSA) is 93.0 Å². The van der Waals surface area contributed by atoms with Crippen molar-refractivity contribution in [1.82, 2.24) is 0 Å². The van der Waals surface area contributed by atoms with Gasteiger partial charge in [-0.2, -0.15) is 0 Å². The molecule has 5 N–H and O–H groups in total. The molecule has 0 fully saturated rings. The van der Waals surface area contributed by atoms with Gasteiger partial charge in [-0.3, -0.25) is 0 Å². The number of phenols is 4. The molecule has 0 radical (unpaired) electrons. The van der Waals surface area contributed by atoms with Crippen LogP contribution in [-0.4, -0.2) is 20.4 Å². The van der Waals surface area contributed by atoms with E-state index in [1.807, 2.05) is 0 Å². The summed E-state index contributed by atoms with van der Waals surface area (Å²) in [4.78, 5) is 0. The molecular weight excluding hydrogens is 234 g/mol. The highest BCUT2D eigenvalue weighted by Crippen LogP contribution is 2.27. The third kappa shape index (κ3) is 2.76. The van der Waals surface area contributed by atoms with E-state index in [4.69, 9.17) is 5.11 Å². The maximum absolute atomic E-state index is 9.33. The highest BCUT2D eigenvalue weighted by atomic mass is 16.3. The summed E-state index contributed by atoms with van der Waals surface area (Å²) in [5, 5.41) is 40.1. The average molecular weight is 247 g/mol. The lowest BCUT2D eigenvalue weighted by atomic mass is 10.2. The molecular formula is C13H13NO4. The van der Waals surface area contributed by atoms with Gasteiger partial charge in [-0.25, -0.2) is 0 Å². The van der Waals surface area contributed by atoms with Crippen LogP contribution in [0.2, 0.25) is 0 Å². The van der Waals surface area contributed by atoms with Crippen molar-refractivity contribution in [2.75, 3.05) is 5.32 Å². The van der Waals surface area contributed by atoms with E-state index in [-0.39, 0.29) is 23.0 Å². The van der Waals surface area contributed by atoms with Crippen molar-refractivity contribution in [3.05, 3.63) is 42.0 Å². The standard InChI is InChI=1S/C13H13NO4/c15-10-4-9(5-11(16)6-10)14-7-8-1-2-12(17)13(18)3-8/h1-6,14-18H,7H2. The number of benzene rings is 2. The maximum atomic E-state index is 9.33. The van der Waals surface area contributed by atoms with Gasteiger partial charge in [0.05, 0.1) is 0 Å². The summed E-state index contributed by atoms with van der Waals surface area (Å²) in [6.45, 7) is 0.386. The summed E-state index contributed by atoms with van der Waals surface area (Å²) < 4.78 is 0. The van der Waals surface area contributed by atoms with Crippen molar-refractivity contribution in [3.63, 3.8) is 0 Å². The first-order chi connectivity index (χ1) is 8.54. The summed E-state index contributed by atoms with van der Waals surface area (Å²) in [6, 6.07) is 8.67. The summed E-state index contributed by atoms with van der Waals surface area (Å²) in [7, 11) is 0. The van der Waals surface area contributed by atoms with Gasteiger partial charge in [0.2, 0.25) is 0 Å². The molecule has 0 saturated carbocycles. The van der Waals surface area contributed by atoms with Crippen LogP contribution in [0.1, 0.15) is 5.56 Å². The molecule has 0 aliphatic carbocycles. The van der Waals surface area contributed by atoms with Crippen molar-refractivity contribution in [2.45, 2.75) is 6.54 Å². The Labute approximate surface area is 104 Å². The van der Waals surface area contributed by atoms with Crippen LogP contribution < -0.4 is 5.32 Å². The molecule has 0 aliphatic heterocycles. The van der Waals surface area contributed by atoms with E-state index in [1.165, 1.54) is 30.3 Å². The van der Waals surface area contributed by atoms with Crippen molar-refractivity contribution in [2.24, 2.45) is 0 Å². The third-order valence-electron chi connectivity index (χ3n) is 2.44. The maximum Gasteiger partial charge on any atom is 0.157 e. The minimum atomic E-state index is -0.187. The van der Waals surface area contributed by atoms with Gasteiger partial charge in [0, 0.05) is 30.4 Å². The lowest BCUT2D eigenvalue weighted by Gasteiger charge is -2.08. The first-order valence-corrected chi connectivity index (χ1v) is 5.32. The first-order valence-electron chi connectivity index (χ1n) is 5.32. The quantitative estimate of drug-likeness (QED) is 0.536. The van der Waals surface area contributed by atoms with Crippen molar-refractivity contribution >= 4 is 5.69 Å². The zero-order chi connectivity index (χ0) is 13.1. The number of rotatable bonds is 3. The number of aromatic hydroxyl groups is 4. The van der Waals surface area contributed by atoms with E-state index >= 15 is 0 Å². The fraction of sp³-hybridized carbons (Fsp3) is 0.0769. The summed E-state index contributed by atoms with van der Waals surface area (Å²) in [5.74, 6) is -0.432. The minimum absolute atomic E-state index is 0.0361. The van der Waals surface area contributed by atoms with E-state index in [0.717, 1.165) is 5.56 Å². The van der Waals surface area contributed by atoms with E-state index in [0.29, 0.717) is 12.2 Å². The van der Waals surface area contributed by atoms with Gasteiger partial charge in [-0.05, 0) is 17.7 Å². The third-order valence-corrected chi connectivity index (χ3v) is 2.44. The van der Waals surface area contributed by atoms with Gasteiger partial charge >= 0.3 is 0 Å². The van der Waals surface area contributed by atoms with Crippen LogP contribution in [0.3, 0.4) is 0 Å². The Morgan fingerprint density at radius 2 is 1.44 bits per heavy atom. The second-order valence-electron chi connectivity index (χ2n) is 3.91. The highest BCUT2D eigenvalue weighted by Gasteiger charge is 2.02. The van der Waals surface area contributed by atoms with Crippen molar-refractivity contribution in [3.8, 4) is 23.0 Å². The Kier molecular flexibility index (Phi) is 3.14. The lowest BCUT2D eigenvalue weighted by molar-refractivity contribution is 0.403. The monoisotopic (exact) mass is 247 g/mol. The Balaban J connectivity index is 2.08. The van der Waals surface area contributed by atoms with Gasteiger partial charge in [0.15, 0.2) is 11.5 Å². The van der Waals surface area contributed by atoms with Gasteiger partial charge in [0.25, 0.3) is 0 Å². The molecule has 0 heterocycles. The smallest absolute Gasteiger partial charge is 0.157 e. The Morgan fingerprint density at radius 3 is 2.06 bits per heavy atom. The minimum Gasteiger partial charge on any atom is -0.508 e. The summed E-state index contributed by atoms with van der Waals surface area (Å²) >= 11 is 0. The van der Waals surface area contributed by atoms with E-state index in [2.05, 4.69) is 5.32 Å². The molecule has 5 nitrogen and oxygen atoms in total. The van der Waals surface area contributed by atoms with Gasteiger partial charge in [-0.1, -0.05) is 6.07 Å². The molecule has 0 saturated heterocycles. The fourth-order valence-electron chi connectivity index (χ4n) is 1.58. The van der Waals surface area contributed by atoms with Crippen LogP contribution in [0.5, 0.6) is 23.0 Å². The Hall–Kier alpha value is -2.56. The van der Waals surface area contributed by atoms with Crippen LogP contribution in [0.4, 0.5) is 5.69 Å². The number of hydrogen-bond donors (Lipinski definition) is 5. The second kappa shape index (κ2) is 4.75. The Morgan fingerprint density at radius 1 is 0.778 bits per heavy atom. The fourth-order valence-corrected chi connectivity index (χ4v) is 1.58. The van der Waals surface area contributed by atoms with Crippen molar-refractivity contribution < 1.29 is 20.4 Å². The molecule has 2 aromatic rings. The summed E-state index contributed by atoms with van der Waals surface area (Å²) in [6.07, 6.45) is 0. The molecule has 0 aliphatic rings. The van der Waals surface area contributed by atoms with Gasteiger partial charge < -0.3 is 25.7 Å². The molecule has 0 spiro atoms.